The molecule has 0 aliphatic rings. The van der Waals surface area contributed by atoms with E-state index in [4.69, 9.17) is 9.05 Å². The molecule has 0 saturated heterocycles. The van der Waals surface area contributed by atoms with Crippen molar-refractivity contribution in [2.24, 2.45) is 0 Å². The molecule has 0 spiro atoms. The summed E-state index contributed by atoms with van der Waals surface area (Å²) in [6.45, 7) is 7.63. The Morgan fingerprint density at radius 1 is 1.26 bits per heavy atom. The summed E-state index contributed by atoms with van der Waals surface area (Å²) >= 11 is 0. The van der Waals surface area contributed by atoms with Crippen LogP contribution < -0.4 is 0 Å². The standard InChI is InChI=1S/C14H21O4P/c1-4-13(19(16,17-5-2)18-6-3)14(15)12-10-8-7-9-11-12/h4,7-11,13-15H,1,5-6H2,2-3H3/t13-,14-/m1/s1. The zero-order valence-corrected chi connectivity index (χ0v) is 12.3. The van der Waals surface area contributed by atoms with E-state index in [9.17, 15) is 9.67 Å². The monoisotopic (exact) mass is 284 g/mol. The summed E-state index contributed by atoms with van der Waals surface area (Å²) in [6.07, 6.45) is 0.465. The molecule has 5 heteroatoms. The second kappa shape index (κ2) is 7.61. The van der Waals surface area contributed by atoms with Crippen LogP contribution in [-0.2, 0) is 13.6 Å². The van der Waals surface area contributed by atoms with Crippen molar-refractivity contribution in [3.05, 3.63) is 48.6 Å². The Kier molecular flexibility index (Phi) is 6.46. The van der Waals surface area contributed by atoms with E-state index in [0.29, 0.717) is 5.56 Å². The highest BCUT2D eigenvalue weighted by molar-refractivity contribution is 7.54. The van der Waals surface area contributed by atoms with E-state index in [-0.39, 0.29) is 13.2 Å². The van der Waals surface area contributed by atoms with Crippen molar-refractivity contribution in [3.63, 3.8) is 0 Å². The second-order valence-electron chi connectivity index (χ2n) is 3.96. The van der Waals surface area contributed by atoms with Crippen molar-refractivity contribution in [1.29, 1.82) is 0 Å². The third-order valence-corrected chi connectivity index (χ3v) is 5.15. The van der Waals surface area contributed by atoms with Gasteiger partial charge in [0.15, 0.2) is 0 Å². The average Bonchev–Trinajstić information content (AvgIpc) is 2.40. The molecule has 0 radical (unpaired) electrons. The average molecular weight is 284 g/mol. The normalized spacial score (nSPS) is 14.9. The van der Waals surface area contributed by atoms with Crippen LogP contribution in [0.15, 0.2) is 43.0 Å². The lowest BCUT2D eigenvalue weighted by Gasteiger charge is -2.27. The highest BCUT2D eigenvalue weighted by atomic mass is 31.2. The van der Waals surface area contributed by atoms with E-state index >= 15 is 0 Å². The maximum Gasteiger partial charge on any atom is 0.340 e. The van der Waals surface area contributed by atoms with Crippen molar-refractivity contribution in [1.82, 2.24) is 0 Å². The minimum absolute atomic E-state index is 0.253. The highest BCUT2D eigenvalue weighted by Gasteiger charge is 2.39. The Hall–Kier alpha value is -0.930. The van der Waals surface area contributed by atoms with E-state index in [0.717, 1.165) is 0 Å². The minimum atomic E-state index is -3.42. The molecule has 0 amide bonds. The van der Waals surface area contributed by atoms with Crippen molar-refractivity contribution in [2.45, 2.75) is 25.6 Å². The fraction of sp³-hybridized carbons (Fsp3) is 0.429. The summed E-state index contributed by atoms with van der Waals surface area (Å²) < 4.78 is 23.2. The lowest BCUT2D eigenvalue weighted by molar-refractivity contribution is 0.152. The van der Waals surface area contributed by atoms with Crippen LogP contribution in [0.3, 0.4) is 0 Å². The van der Waals surface area contributed by atoms with Crippen LogP contribution in [0.4, 0.5) is 0 Å². The lowest BCUT2D eigenvalue weighted by Crippen LogP contribution is -2.19. The number of aliphatic hydroxyl groups is 1. The molecule has 0 heterocycles. The van der Waals surface area contributed by atoms with Gasteiger partial charge in [0.25, 0.3) is 0 Å². The molecule has 4 nitrogen and oxygen atoms in total. The molecule has 0 fully saturated rings. The Morgan fingerprint density at radius 2 is 1.79 bits per heavy atom. The zero-order valence-electron chi connectivity index (χ0n) is 11.4. The van der Waals surface area contributed by atoms with Crippen LogP contribution in [0.1, 0.15) is 25.5 Å². The molecule has 0 aliphatic carbocycles. The molecule has 19 heavy (non-hydrogen) atoms. The van der Waals surface area contributed by atoms with Crippen molar-refractivity contribution < 1.29 is 18.7 Å². The molecule has 1 aromatic carbocycles. The summed E-state index contributed by atoms with van der Waals surface area (Å²) in [6, 6.07) is 9.01. The van der Waals surface area contributed by atoms with Crippen molar-refractivity contribution in [2.75, 3.05) is 13.2 Å². The first-order valence-corrected chi connectivity index (χ1v) is 7.94. The van der Waals surface area contributed by atoms with Crippen LogP contribution in [0.5, 0.6) is 0 Å². The van der Waals surface area contributed by atoms with Gasteiger partial charge in [-0.2, -0.15) is 0 Å². The van der Waals surface area contributed by atoms with Gasteiger partial charge in [0.05, 0.1) is 19.3 Å². The molecule has 0 unspecified atom stereocenters. The van der Waals surface area contributed by atoms with Crippen LogP contribution in [0.25, 0.3) is 0 Å². The highest BCUT2D eigenvalue weighted by Crippen LogP contribution is 2.57. The third kappa shape index (κ3) is 4.02. The van der Waals surface area contributed by atoms with Gasteiger partial charge in [0.2, 0.25) is 0 Å². The largest absolute Gasteiger partial charge is 0.387 e. The topological polar surface area (TPSA) is 55.8 Å². The van der Waals surface area contributed by atoms with Gasteiger partial charge in [-0.3, -0.25) is 4.57 Å². The predicted molar refractivity (Wildman–Crippen MR) is 76.2 cm³/mol. The summed E-state index contributed by atoms with van der Waals surface area (Å²) in [7, 11) is -3.42. The maximum absolute atomic E-state index is 12.7. The van der Waals surface area contributed by atoms with E-state index < -0.39 is 19.4 Å². The molecule has 2 atom stereocenters. The molecule has 106 valence electrons. The molecular weight excluding hydrogens is 263 g/mol. The van der Waals surface area contributed by atoms with Gasteiger partial charge in [0.1, 0.15) is 5.66 Å². The SMILES string of the molecule is C=C[C@H]([C@H](O)c1ccccc1)P(=O)(OCC)OCC. The summed E-state index contributed by atoms with van der Waals surface area (Å²) in [5, 5.41) is 10.4. The van der Waals surface area contributed by atoms with Gasteiger partial charge in [-0.15, -0.1) is 6.58 Å². The molecule has 0 bridgehead atoms. The van der Waals surface area contributed by atoms with Crippen molar-refractivity contribution >= 4 is 7.60 Å². The van der Waals surface area contributed by atoms with Gasteiger partial charge in [0, 0.05) is 0 Å². The zero-order chi connectivity index (χ0) is 14.3. The van der Waals surface area contributed by atoms with Crippen LogP contribution in [0.2, 0.25) is 0 Å². The Bertz CT molecular complexity index is 422. The molecule has 0 aliphatic heterocycles. The first kappa shape index (κ1) is 16.1. The molecule has 0 saturated carbocycles. The molecule has 1 aromatic rings. The van der Waals surface area contributed by atoms with E-state index in [1.54, 1.807) is 26.0 Å². The van der Waals surface area contributed by atoms with Gasteiger partial charge in [-0.05, 0) is 19.4 Å². The number of benzene rings is 1. The quantitative estimate of drug-likeness (QED) is 0.586. The third-order valence-electron chi connectivity index (χ3n) is 2.69. The Balaban J connectivity index is 3.03. The summed E-state index contributed by atoms with van der Waals surface area (Å²) in [5.74, 6) is 0. The van der Waals surface area contributed by atoms with Crippen LogP contribution in [0, 0.1) is 0 Å². The van der Waals surface area contributed by atoms with E-state index in [1.165, 1.54) is 6.08 Å². The van der Waals surface area contributed by atoms with E-state index in [1.807, 2.05) is 18.2 Å². The van der Waals surface area contributed by atoms with Crippen molar-refractivity contribution in [3.8, 4) is 0 Å². The molecule has 1 N–H and O–H groups in total. The Morgan fingerprint density at radius 3 is 2.21 bits per heavy atom. The number of hydrogen-bond donors (Lipinski definition) is 1. The Labute approximate surface area is 114 Å². The fourth-order valence-electron chi connectivity index (χ4n) is 1.85. The van der Waals surface area contributed by atoms with Gasteiger partial charge in [-0.25, -0.2) is 0 Å². The minimum Gasteiger partial charge on any atom is -0.387 e. The summed E-state index contributed by atoms with van der Waals surface area (Å²) in [4.78, 5) is 0. The van der Waals surface area contributed by atoms with Crippen LogP contribution >= 0.6 is 7.60 Å². The molecule has 0 aromatic heterocycles. The van der Waals surface area contributed by atoms with Gasteiger partial charge >= 0.3 is 7.60 Å². The lowest BCUT2D eigenvalue weighted by atomic mass is 10.1. The second-order valence-corrected chi connectivity index (χ2v) is 6.15. The fourth-order valence-corrected chi connectivity index (χ4v) is 3.76. The van der Waals surface area contributed by atoms with Gasteiger partial charge in [-0.1, -0.05) is 36.4 Å². The summed E-state index contributed by atoms with van der Waals surface area (Å²) in [5.41, 5.74) is -0.123. The number of hydrogen-bond acceptors (Lipinski definition) is 4. The number of aliphatic hydroxyl groups excluding tert-OH is 1. The van der Waals surface area contributed by atoms with E-state index in [2.05, 4.69) is 6.58 Å². The first-order chi connectivity index (χ1) is 9.09. The predicted octanol–water partition coefficient (Wildman–Crippen LogP) is 3.54. The number of rotatable bonds is 8. The molecule has 1 rings (SSSR count). The van der Waals surface area contributed by atoms with Crippen LogP contribution in [-0.4, -0.2) is 24.0 Å². The smallest absolute Gasteiger partial charge is 0.340 e. The molecular formula is C14H21O4P. The van der Waals surface area contributed by atoms with Gasteiger partial charge < -0.3 is 14.2 Å². The maximum atomic E-state index is 12.7. The first-order valence-electron chi connectivity index (χ1n) is 6.33.